The maximum absolute atomic E-state index is 13.8. The Morgan fingerprint density at radius 3 is 2.35 bits per heavy atom. The van der Waals surface area contributed by atoms with E-state index in [1.807, 2.05) is 66.7 Å². The van der Waals surface area contributed by atoms with Crippen LogP contribution in [0.4, 0.5) is 0 Å². The molecular formula is C30H33ClN2O4. The Balaban J connectivity index is 1.61. The molecular weight excluding hydrogens is 488 g/mol. The number of nitrogens with zero attached hydrogens (tertiary/aromatic N) is 1. The largest absolute Gasteiger partial charge is 0.497 e. The van der Waals surface area contributed by atoms with Gasteiger partial charge in [0, 0.05) is 31.1 Å². The summed E-state index contributed by atoms with van der Waals surface area (Å²) in [5.74, 6) is 0.418. The highest BCUT2D eigenvalue weighted by atomic mass is 35.5. The van der Waals surface area contributed by atoms with Gasteiger partial charge in [-0.3, -0.25) is 9.59 Å². The van der Waals surface area contributed by atoms with Crippen LogP contribution < -0.4 is 10.1 Å². The molecule has 1 fully saturated rings. The molecule has 2 amide bonds. The standard InChI is InChI=1S/C30H33ClN2O4/c1-36-26-15-11-24(12-16-26)21-33(29(34)19-23-9-13-25(31)14-10-23)28(18-22-6-3-2-4-7-22)30(35)32-20-27-8-5-17-37-27/h2-4,6-7,9-16,27-28H,5,8,17-21H2,1H3,(H,32,35)/t27-,28-/m0/s1. The van der Waals surface area contributed by atoms with E-state index in [1.54, 1.807) is 24.1 Å². The van der Waals surface area contributed by atoms with E-state index in [9.17, 15) is 9.59 Å². The minimum Gasteiger partial charge on any atom is -0.497 e. The van der Waals surface area contributed by atoms with Gasteiger partial charge in [0.1, 0.15) is 11.8 Å². The maximum Gasteiger partial charge on any atom is 0.243 e. The van der Waals surface area contributed by atoms with Gasteiger partial charge in [0.15, 0.2) is 0 Å². The maximum atomic E-state index is 13.8. The van der Waals surface area contributed by atoms with Gasteiger partial charge in [0.2, 0.25) is 11.8 Å². The fourth-order valence-corrected chi connectivity index (χ4v) is 4.62. The second-order valence-electron chi connectivity index (χ2n) is 9.26. The van der Waals surface area contributed by atoms with E-state index >= 15 is 0 Å². The summed E-state index contributed by atoms with van der Waals surface area (Å²) in [4.78, 5) is 29.1. The van der Waals surface area contributed by atoms with Gasteiger partial charge in [-0.2, -0.15) is 0 Å². The Bertz CT molecular complexity index is 1150. The lowest BCUT2D eigenvalue weighted by atomic mass is 10.0. The van der Waals surface area contributed by atoms with Gasteiger partial charge in [-0.25, -0.2) is 0 Å². The van der Waals surface area contributed by atoms with Crippen molar-refractivity contribution in [2.24, 2.45) is 0 Å². The average molecular weight is 521 g/mol. The third-order valence-electron chi connectivity index (χ3n) is 6.58. The molecule has 3 aromatic carbocycles. The highest BCUT2D eigenvalue weighted by Crippen LogP contribution is 2.20. The van der Waals surface area contributed by atoms with Crippen LogP contribution in [0.25, 0.3) is 0 Å². The second-order valence-corrected chi connectivity index (χ2v) is 9.70. The summed E-state index contributed by atoms with van der Waals surface area (Å²) in [5.41, 5.74) is 2.74. The van der Waals surface area contributed by atoms with Crippen molar-refractivity contribution in [3.63, 3.8) is 0 Å². The van der Waals surface area contributed by atoms with Gasteiger partial charge >= 0.3 is 0 Å². The Hall–Kier alpha value is -3.35. The van der Waals surface area contributed by atoms with Crippen molar-refractivity contribution >= 4 is 23.4 Å². The normalized spacial score (nSPS) is 15.7. The molecule has 194 valence electrons. The highest BCUT2D eigenvalue weighted by Gasteiger charge is 2.31. The quantitative estimate of drug-likeness (QED) is 0.393. The summed E-state index contributed by atoms with van der Waals surface area (Å²) in [7, 11) is 1.62. The average Bonchev–Trinajstić information content (AvgIpc) is 3.45. The van der Waals surface area contributed by atoms with Crippen LogP contribution in [-0.4, -0.2) is 49.1 Å². The summed E-state index contributed by atoms with van der Waals surface area (Å²) in [5, 5.41) is 3.67. The molecule has 0 spiro atoms. The van der Waals surface area contributed by atoms with Crippen LogP contribution in [0.15, 0.2) is 78.9 Å². The van der Waals surface area contributed by atoms with Gasteiger partial charge in [0.05, 0.1) is 19.6 Å². The molecule has 1 aliphatic rings. The number of methoxy groups -OCH3 is 1. The molecule has 1 N–H and O–H groups in total. The predicted octanol–water partition coefficient (Wildman–Crippen LogP) is 4.83. The molecule has 37 heavy (non-hydrogen) atoms. The van der Waals surface area contributed by atoms with Crippen LogP contribution in [0.5, 0.6) is 5.75 Å². The van der Waals surface area contributed by atoms with Crippen molar-refractivity contribution in [2.75, 3.05) is 20.3 Å². The molecule has 2 atom stereocenters. The molecule has 0 unspecified atom stereocenters. The fraction of sp³-hybridized carbons (Fsp3) is 0.333. The summed E-state index contributed by atoms with van der Waals surface area (Å²) >= 11 is 6.04. The molecule has 0 aliphatic carbocycles. The topological polar surface area (TPSA) is 67.9 Å². The number of nitrogens with one attached hydrogen (secondary N) is 1. The molecule has 0 radical (unpaired) electrons. The van der Waals surface area contributed by atoms with E-state index in [0.717, 1.165) is 41.9 Å². The second kappa shape index (κ2) is 13.3. The van der Waals surface area contributed by atoms with Gasteiger partial charge in [-0.15, -0.1) is 0 Å². The summed E-state index contributed by atoms with van der Waals surface area (Å²) in [6.45, 7) is 1.45. The summed E-state index contributed by atoms with van der Waals surface area (Å²) < 4.78 is 11.0. The molecule has 0 saturated carbocycles. The zero-order valence-electron chi connectivity index (χ0n) is 21.1. The van der Waals surface area contributed by atoms with Crippen molar-refractivity contribution in [3.05, 3.63) is 101 Å². The summed E-state index contributed by atoms with van der Waals surface area (Å²) in [6.07, 6.45) is 2.51. The molecule has 1 aliphatic heterocycles. The van der Waals surface area contributed by atoms with Gasteiger partial charge in [-0.1, -0.05) is 66.2 Å². The van der Waals surface area contributed by atoms with Gasteiger partial charge in [0.25, 0.3) is 0 Å². The lowest BCUT2D eigenvalue weighted by molar-refractivity contribution is -0.141. The Labute approximate surface area is 223 Å². The van der Waals surface area contributed by atoms with E-state index in [0.29, 0.717) is 24.5 Å². The molecule has 1 saturated heterocycles. The van der Waals surface area contributed by atoms with Crippen molar-refractivity contribution < 1.29 is 19.1 Å². The Morgan fingerprint density at radius 2 is 1.70 bits per heavy atom. The number of hydrogen-bond donors (Lipinski definition) is 1. The Kier molecular flexibility index (Phi) is 9.58. The minimum absolute atomic E-state index is 0.0149. The first-order chi connectivity index (χ1) is 18.0. The van der Waals surface area contributed by atoms with E-state index in [4.69, 9.17) is 21.1 Å². The zero-order valence-corrected chi connectivity index (χ0v) is 21.8. The smallest absolute Gasteiger partial charge is 0.243 e. The summed E-state index contributed by atoms with van der Waals surface area (Å²) in [6, 6.07) is 23.9. The third kappa shape index (κ3) is 7.81. The molecule has 3 aromatic rings. The van der Waals surface area contributed by atoms with E-state index in [-0.39, 0.29) is 24.3 Å². The zero-order chi connectivity index (χ0) is 26.0. The van der Waals surface area contributed by atoms with E-state index in [1.165, 1.54) is 0 Å². The number of hydrogen-bond acceptors (Lipinski definition) is 4. The molecule has 6 nitrogen and oxygen atoms in total. The lowest BCUT2D eigenvalue weighted by Crippen LogP contribution is -2.52. The minimum atomic E-state index is -0.689. The van der Waals surface area contributed by atoms with Gasteiger partial charge in [-0.05, 0) is 53.8 Å². The van der Waals surface area contributed by atoms with Crippen LogP contribution in [0.3, 0.4) is 0 Å². The number of rotatable bonds is 11. The third-order valence-corrected chi connectivity index (χ3v) is 6.83. The van der Waals surface area contributed by atoms with Crippen LogP contribution in [-0.2, 0) is 33.7 Å². The van der Waals surface area contributed by atoms with Crippen molar-refractivity contribution in [1.82, 2.24) is 10.2 Å². The number of carbonyl (C=O) groups excluding carboxylic acids is 2. The number of ether oxygens (including phenoxy) is 2. The molecule has 0 bridgehead atoms. The van der Waals surface area contributed by atoms with Crippen LogP contribution in [0.2, 0.25) is 5.02 Å². The van der Waals surface area contributed by atoms with Crippen molar-refractivity contribution in [1.29, 1.82) is 0 Å². The SMILES string of the molecule is COc1ccc(CN(C(=O)Cc2ccc(Cl)cc2)[C@@H](Cc2ccccc2)C(=O)NC[C@@H]2CCCO2)cc1. The van der Waals surface area contributed by atoms with Gasteiger partial charge < -0.3 is 19.7 Å². The molecule has 0 aromatic heterocycles. The van der Waals surface area contributed by atoms with Crippen molar-refractivity contribution in [3.8, 4) is 5.75 Å². The number of amides is 2. The molecule has 4 rings (SSSR count). The van der Waals surface area contributed by atoms with Crippen LogP contribution >= 0.6 is 11.6 Å². The van der Waals surface area contributed by atoms with Crippen LogP contribution in [0, 0.1) is 0 Å². The Morgan fingerprint density at radius 1 is 1.00 bits per heavy atom. The predicted molar refractivity (Wildman–Crippen MR) is 145 cm³/mol. The number of halogens is 1. The highest BCUT2D eigenvalue weighted by molar-refractivity contribution is 6.30. The van der Waals surface area contributed by atoms with E-state index in [2.05, 4.69) is 5.32 Å². The first-order valence-electron chi connectivity index (χ1n) is 12.6. The van der Waals surface area contributed by atoms with Crippen LogP contribution in [0.1, 0.15) is 29.5 Å². The fourth-order valence-electron chi connectivity index (χ4n) is 4.50. The van der Waals surface area contributed by atoms with Crippen molar-refractivity contribution in [2.45, 2.75) is 44.4 Å². The molecule has 7 heteroatoms. The molecule has 1 heterocycles. The lowest BCUT2D eigenvalue weighted by Gasteiger charge is -2.32. The first-order valence-corrected chi connectivity index (χ1v) is 13.0. The monoisotopic (exact) mass is 520 g/mol. The van der Waals surface area contributed by atoms with E-state index < -0.39 is 6.04 Å². The number of benzene rings is 3. The first kappa shape index (κ1) is 26.7. The number of carbonyl (C=O) groups is 2.